The summed E-state index contributed by atoms with van der Waals surface area (Å²) in [6.07, 6.45) is 0. The van der Waals surface area contributed by atoms with Crippen molar-refractivity contribution in [3.8, 4) is 0 Å². The van der Waals surface area contributed by atoms with Gasteiger partial charge in [0.05, 0.1) is 5.25 Å². The molecule has 2 heterocycles. The molecule has 0 aliphatic carbocycles. The molecule has 0 saturated carbocycles. The van der Waals surface area contributed by atoms with Gasteiger partial charge in [-0.3, -0.25) is 0 Å². The number of hydrogen-bond donors (Lipinski definition) is 1. The van der Waals surface area contributed by atoms with E-state index in [-0.39, 0.29) is 11.2 Å². The first-order valence-electron chi connectivity index (χ1n) is 6.12. The van der Waals surface area contributed by atoms with Gasteiger partial charge >= 0.3 is 0 Å². The maximum atomic E-state index is 12.3. The van der Waals surface area contributed by atoms with Crippen molar-refractivity contribution in [2.75, 3.05) is 26.2 Å². The first-order chi connectivity index (χ1) is 7.43. The zero-order valence-corrected chi connectivity index (χ0v) is 11.1. The minimum absolute atomic E-state index is 0.184. The van der Waals surface area contributed by atoms with Gasteiger partial charge in [-0.2, -0.15) is 0 Å². The van der Waals surface area contributed by atoms with E-state index in [1.54, 1.807) is 4.31 Å². The number of nitrogens with zero attached hydrogens (tertiary/aromatic N) is 1. The fourth-order valence-corrected chi connectivity index (χ4v) is 4.56. The maximum absolute atomic E-state index is 12.3. The van der Waals surface area contributed by atoms with Crippen molar-refractivity contribution in [2.24, 2.45) is 17.8 Å². The zero-order valence-electron chi connectivity index (χ0n) is 10.3. The highest BCUT2D eigenvalue weighted by molar-refractivity contribution is 7.89. The molecule has 0 bridgehead atoms. The molecule has 2 fully saturated rings. The van der Waals surface area contributed by atoms with E-state index in [4.69, 9.17) is 0 Å². The summed E-state index contributed by atoms with van der Waals surface area (Å²) in [5.74, 6) is 1.26. The SMILES string of the molecule is CC(C)C(C)S(=O)(=O)N1CC2CNCC2C1. The van der Waals surface area contributed by atoms with Crippen LogP contribution in [0.4, 0.5) is 0 Å². The van der Waals surface area contributed by atoms with Crippen molar-refractivity contribution in [1.82, 2.24) is 9.62 Å². The lowest BCUT2D eigenvalue weighted by Gasteiger charge is -2.24. The molecular weight excluding hydrogens is 224 g/mol. The number of rotatable bonds is 3. The van der Waals surface area contributed by atoms with E-state index in [2.05, 4.69) is 5.32 Å². The average molecular weight is 246 g/mol. The van der Waals surface area contributed by atoms with Crippen molar-refractivity contribution in [2.45, 2.75) is 26.0 Å². The highest BCUT2D eigenvalue weighted by Gasteiger charge is 2.42. The van der Waals surface area contributed by atoms with E-state index in [9.17, 15) is 8.42 Å². The molecular formula is C11H22N2O2S. The average Bonchev–Trinajstić information content (AvgIpc) is 2.74. The molecule has 3 unspecified atom stereocenters. The Labute approximate surface area is 98.4 Å². The van der Waals surface area contributed by atoms with Gasteiger partial charge in [0, 0.05) is 13.1 Å². The molecule has 3 atom stereocenters. The lowest BCUT2D eigenvalue weighted by Crippen LogP contribution is -2.39. The van der Waals surface area contributed by atoms with Crippen LogP contribution >= 0.6 is 0 Å². The van der Waals surface area contributed by atoms with Crippen molar-refractivity contribution < 1.29 is 8.42 Å². The molecule has 16 heavy (non-hydrogen) atoms. The van der Waals surface area contributed by atoms with E-state index < -0.39 is 10.0 Å². The minimum Gasteiger partial charge on any atom is -0.316 e. The first kappa shape index (κ1) is 12.3. The molecule has 94 valence electrons. The topological polar surface area (TPSA) is 49.4 Å². The maximum Gasteiger partial charge on any atom is 0.216 e. The third kappa shape index (κ3) is 2.00. The third-order valence-corrected chi connectivity index (χ3v) is 6.63. The Balaban J connectivity index is 2.09. The summed E-state index contributed by atoms with van der Waals surface area (Å²) >= 11 is 0. The molecule has 0 spiro atoms. The van der Waals surface area contributed by atoms with Crippen LogP contribution in [0.2, 0.25) is 0 Å². The lowest BCUT2D eigenvalue weighted by atomic mass is 10.0. The quantitative estimate of drug-likeness (QED) is 0.789. The Morgan fingerprint density at radius 2 is 1.62 bits per heavy atom. The second kappa shape index (κ2) is 4.27. The Hall–Kier alpha value is -0.130. The minimum atomic E-state index is -3.07. The molecule has 2 aliphatic rings. The van der Waals surface area contributed by atoms with Gasteiger partial charge in [-0.05, 0) is 37.8 Å². The summed E-state index contributed by atoms with van der Waals surface area (Å²) in [6, 6.07) is 0. The van der Waals surface area contributed by atoms with E-state index in [0.29, 0.717) is 11.8 Å². The predicted molar refractivity (Wildman–Crippen MR) is 64.6 cm³/mol. The molecule has 0 aromatic carbocycles. The van der Waals surface area contributed by atoms with Gasteiger partial charge in [-0.1, -0.05) is 13.8 Å². The second-order valence-electron chi connectivity index (χ2n) is 5.49. The van der Waals surface area contributed by atoms with Crippen LogP contribution in [0.5, 0.6) is 0 Å². The predicted octanol–water partition coefficient (Wildman–Crippen LogP) is 0.512. The second-order valence-corrected chi connectivity index (χ2v) is 7.78. The zero-order chi connectivity index (χ0) is 11.9. The van der Waals surface area contributed by atoms with Crippen LogP contribution in [0.1, 0.15) is 20.8 Å². The first-order valence-corrected chi connectivity index (χ1v) is 7.63. The third-order valence-electron chi connectivity index (χ3n) is 4.12. The lowest BCUT2D eigenvalue weighted by molar-refractivity contribution is 0.427. The van der Waals surface area contributed by atoms with Crippen LogP contribution in [0, 0.1) is 17.8 Å². The molecule has 2 aliphatic heterocycles. The number of hydrogen-bond acceptors (Lipinski definition) is 3. The molecule has 2 rings (SSSR count). The summed E-state index contributed by atoms with van der Waals surface area (Å²) in [6.45, 7) is 9.17. The molecule has 5 heteroatoms. The molecule has 4 nitrogen and oxygen atoms in total. The number of fused-ring (bicyclic) bond motifs is 1. The largest absolute Gasteiger partial charge is 0.316 e. The van der Waals surface area contributed by atoms with Gasteiger partial charge in [0.1, 0.15) is 0 Å². The van der Waals surface area contributed by atoms with Gasteiger partial charge in [0.25, 0.3) is 0 Å². The molecule has 0 amide bonds. The van der Waals surface area contributed by atoms with Gasteiger partial charge in [0.2, 0.25) is 10.0 Å². The molecule has 0 aromatic heterocycles. The van der Waals surface area contributed by atoms with Crippen LogP contribution in [0.3, 0.4) is 0 Å². The van der Waals surface area contributed by atoms with Gasteiger partial charge in [0.15, 0.2) is 0 Å². The Morgan fingerprint density at radius 1 is 1.12 bits per heavy atom. The normalized spacial score (nSPS) is 33.2. The van der Waals surface area contributed by atoms with Crippen molar-refractivity contribution in [3.63, 3.8) is 0 Å². The summed E-state index contributed by atoms with van der Waals surface area (Å²) in [5.41, 5.74) is 0. The van der Waals surface area contributed by atoms with E-state index >= 15 is 0 Å². The Morgan fingerprint density at radius 3 is 2.06 bits per heavy atom. The van der Waals surface area contributed by atoms with Crippen LogP contribution in [-0.4, -0.2) is 44.2 Å². The molecule has 1 N–H and O–H groups in total. The van der Waals surface area contributed by atoms with Crippen LogP contribution in [-0.2, 0) is 10.0 Å². The van der Waals surface area contributed by atoms with Crippen LogP contribution < -0.4 is 5.32 Å². The van der Waals surface area contributed by atoms with Gasteiger partial charge in [-0.25, -0.2) is 12.7 Å². The molecule has 2 saturated heterocycles. The summed E-state index contributed by atoms with van der Waals surface area (Å²) in [5, 5.41) is 3.06. The van der Waals surface area contributed by atoms with Crippen molar-refractivity contribution in [3.05, 3.63) is 0 Å². The molecule has 0 radical (unpaired) electrons. The van der Waals surface area contributed by atoms with Gasteiger partial charge in [-0.15, -0.1) is 0 Å². The standard InChI is InChI=1S/C11H22N2O2S/c1-8(2)9(3)16(14,15)13-6-10-4-12-5-11(10)7-13/h8-12H,4-7H2,1-3H3. The monoisotopic (exact) mass is 246 g/mol. The van der Waals surface area contributed by atoms with E-state index in [1.807, 2.05) is 20.8 Å². The van der Waals surface area contributed by atoms with Crippen LogP contribution in [0.15, 0.2) is 0 Å². The highest BCUT2D eigenvalue weighted by atomic mass is 32.2. The van der Waals surface area contributed by atoms with Crippen LogP contribution in [0.25, 0.3) is 0 Å². The van der Waals surface area contributed by atoms with Crippen molar-refractivity contribution in [1.29, 1.82) is 0 Å². The Kier molecular flexibility index (Phi) is 3.29. The number of nitrogens with one attached hydrogen (secondary N) is 1. The highest BCUT2D eigenvalue weighted by Crippen LogP contribution is 2.30. The fourth-order valence-electron chi connectivity index (χ4n) is 2.60. The fraction of sp³-hybridized carbons (Fsp3) is 1.00. The smallest absolute Gasteiger partial charge is 0.216 e. The summed E-state index contributed by atoms with van der Waals surface area (Å²) < 4.78 is 26.3. The van der Waals surface area contributed by atoms with Crippen molar-refractivity contribution >= 4 is 10.0 Å². The van der Waals surface area contributed by atoms with E-state index in [0.717, 1.165) is 26.2 Å². The Bertz CT molecular complexity index is 341. The number of sulfonamides is 1. The summed E-state index contributed by atoms with van der Waals surface area (Å²) in [7, 11) is -3.07. The van der Waals surface area contributed by atoms with E-state index in [1.165, 1.54) is 0 Å². The van der Waals surface area contributed by atoms with Gasteiger partial charge < -0.3 is 5.32 Å². The molecule has 0 aromatic rings. The summed E-state index contributed by atoms with van der Waals surface area (Å²) in [4.78, 5) is 0.